The summed E-state index contributed by atoms with van der Waals surface area (Å²) in [5.41, 5.74) is 1.14. The van der Waals surface area contributed by atoms with Crippen LogP contribution >= 0.6 is 12.2 Å². The number of piperidine rings is 1. The first-order valence-electron chi connectivity index (χ1n) is 8.10. The molecule has 0 spiro atoms. The maximum atomic E-state index is 12.1. The number of pyridine rings is 1. The van der Waals surface area contributed by atoms with Crippen molar-refractivity contribution >= 4 is 34.8 Å². The van der Waals surface area contributed by atoms with Crippen LogP contribution in [0.5, 0.6) is 0 Å². The zero-order valence-electron chi connectivity index (χ0n) is 14.6. The number of aromatic nitrogens is 1. The summed E-state index contributed by atoms with van der Waals surface area (Å²) in [6, 6.07) is 2.02. The van der Waals surface area contributed by atoms with Crippen LogP contribution in [0.1, 0.15) is 40.5 Å². The number of nitrogens with one attached hydrogen (secondary N) is 1. The molecule has 0 aliphatic carbocycles. The number of anilines is 1. The zero-order chi connectivity index (χ0) is 17.7. The van der Waals surface area contributed by atoms with E-state index in [4.69, 9.17) is 17.0 Å². The average Bonchev–Trinajstić information content (AvgIpc) is 2.49. The van der Waals surface area contributed by atoms with Crippen molar-refractivity contribution in [3.63, 3.8) is 0 Å². The van der Waals surface area contributed by atoms with Crippen molar-refractivity contribution in [1.82, 2.24) is 10.3 Å². The molecule has 130 valence electrons. The number of carbonyl (C=O) groups excluding carboxylic acids is 1. The summed E-state index contributed by atoms with van der Waals surface area (Å²) in [4.78, 5) is 22.5. The first kappa shape index (κ1) is 18.4. The highest BCUT2D eigenvalue weighted by Crippen LogP contribution is 2.32. The van der Waals surface area contributed by atoms with E-state index in [0.29, 0.717) is 5.69 Å². The summed E-state index contributed by atoms with van der Waals surface area (Å²) < 4.78 is 5.37. The van der Waals surface area contributed by atoms with Gasteiger partial charge in [-0.15, -0.1) is 0 Å². The van der Waals surface area contributed by atoms with E-state index in [1.165, 1.54) is 0 Å². The van der Waals surface area contributed by atoms with E-state index in [1.807, 2.05) is 26.8 Å². The molecule has 0 bridgehead atoms. The fraction of sp³-hybridized carbons (Fsp3) is 0.588. The number of alkyl carbamates (subject to hydrolysis) is 1. The second kappa shape index (κ2) is 7.73. The molecule has 24 heavy (non-hydrogen) atoms. The van der Waals surface area contributed by atoms with Crippen molar-refractivity contribution in [3.05, 3.63) is 18.5 Å². The lowest BCUT2D eigenvalue weighted by atomic mass is 9.96. The lowest BCUT2D eigenvalue weighted by Gasteiger charge is -2.41. The van der Waals surface area contributed by atoms with Crippen LogP contribution in [0.4, 0.5) is 16.2 Å². The van der Waals surface area contributed by atoms with Gasteiger partial charge >= 0.3 is 6.09 Å². The number of ether oxygens (including phenoxy) is 1. The summed E-state index contributed by atoms with van der Waals surface area (Å²) in [6.07, 6.45) is 4.90. The van der Waals surface area contributed by atoms with Crippen molar-refractivity contribution in [2.24, 2.45) is 4.99 Å². The Morgan fingerprint density at radius 3 is 2.96 bits per heavy atom. The van der Waals surface area contributed by atoms with E-state index in [1.54, 1.807) is 12.4 Å². The maximum absolute atomic E-state index is 12.1. The fourth-order valence-electron chi connectivity index (χ4n) is 2.89. The van der Waals surface area contributed by atoms with Crippen LogP contribution < -0.4 is 10.2 Å². The Labute approximate surface area is 148 Å². The van der Waals surface area contributed by atoms with Gasteiger partial charge in [0.1, 0.15) is 11.3 Å². The maximum Gasteiger partial charge on any atom is 0.407 e. The van der Waals surface area contributed by atoms with Crippen molar-refractivity contribution in [1.29, 1.82) is 0 Å². The number of hydrogen-bond acceptors (Lipinski definition) is 6. The van der Waals surface area contributed by atoms with Crippen LogP contribution in [-0.2, 0) is 4.74 Å². The Morgan fingerprint density at radius 2 is 2.29 bits per heavy atom. The van der Waals surface area contributed by atoms with Gasteiger partial charge in [0.2, 0.25) is 0 Å². The van der Waals surface area contributed by atoms with E-state index in [0.717, 1.165) is 25.1 Å². The topological polar surface area (TPSA) is 66.8 Å². The van der Waals surface area contributed by atoms with E-state index < -0.39 is 5.60 Å². The highest BCUT2D eigenvalue weighted by atomic mass is 32.1. The van der Waals surface area contributed by atoms with Gasteiger partial charge in [0.25, 0.3) is 0 Å². The quantitative estimate of drug-likeness (QED) is 0.666. The monoisotopic (exact) mass is 348 g/mol. The molecule has 1 aliphatic heterocycles. The summed E-state index contributed by atoms with van der Waals surface area (Å²) in [5, 5.41) is 5.39. The molecule has 1 fully saturated rings. The molecule has 7 heteroatoms. The highest BCUT2D eigenvalue weighted by Gasteiger charge is 2.31. The number of aliphatic imine (C=N–C) groups is 1. The van der Waals surface area contributed by atoms with Crippen molar-refractivity contribution < 1.29 is 9.53 Å². The third-order valence-corrected chi connectivity index (χ3v) is 4.03. The normalized spacial score (nSPS) is 20.9. The Morgan fingerprint density at radius 1 is 1.54 bits per heavy atom. The molecule has 1 aromatic heterocycles. The molecule has 0 radical (unpaired) electrons. The van der Waals surface area contributed by atoms with E-state index in [2.05, 4.69) is 32.3 Å². The van der Waals surface area contributed by atoms with Crippen LogP contribution in [0.2, 0.25) is 0 Å². The molecule has 2 heterocycles. The van der Waals surface area contributed by atoms with Crippen molar-refractivity contribution in [3.8, 4) is 0 Å². The molecule has 1 N–H and O–H groups in total. The lowest BCUT2D eigenvalue weighted by Crippen LogP contribution is -2.54. The van der Waals surface area contributed by atoms with Gasteiger partial charge in [-0.1, -0.05) is 0 Å². The number of amides is 1. The summed E-state index contributed by atoms with van der Waals surface area (Å²) in [6.45, 7) is 8.55. The molecule has 1 amide bonds. The molecule has 0 aromatic carbocycles. The second-order valence-corrected chi connectivity index (χ2v) is 7.08. The van der Waals surface area contributed by atoms with Gasteiger partial charge in [0, 0.05) is 18.8 Å². The molecule has 2 unspecified atom stereocenters. The summed E-state index contributed by atoms with van der Waals surface area (Å²) in [7, 11) is 0. The third-order valence-electron chi connectivity index (χ3n) is 3.94. The van der Waals surface area contributed by atoms with Gasteiger partial charge in [0.15, 0.2) is 0 Å². The Hall–Kier alpha value is -1.98. The van der Waals surface area contributed by atoms with Gasteiger partial charge in [-0.3, -0.25) is 4.98 Å². The van der Waals surface area contributed by atoms with Crippen LogP contribution in [0.25, 0.3) is 0 Å². The SMILES string of the molecule is CC1C(NC(=O)OC(C)(C)C)CCCN1c1ccncc1N=C=S. The minimum atomic E-state index is -0.506. The number of thiocarbonyl (C=S) groups is 1. The van der Waals surface area contributed by atoms with Crippen LogP contribution in [0.15, 0.2) is 23.5 Å². The highest BCUT2D eigenvalue weighted by molar-refractivity contribution is 7.78. The molecule has 2 atom stereocenters. The molecule has 0 saturated carbocycles. The zero-order valence-corrected chi connectivity index (χ0v) is 15.4. The lowest BCUT2D eigenvalue weighted by molar-refractivity contribution is 0.0489. The molecule has 1 aliphatic rings. The van der Waals surface area contributed by atoms with Gasteiger partial charge in [-0.2, -0.15) is 4.99 Å². The molecular weight excluding hydrogens is 324 g/mol. The van der Waals surface area contributed by atoms with Crippen LogP contribution in [0, 0.1) is 0 Å². The summed E-state index contributed by atoms with van der Waals surface area (Å²) in [5.74, 6) is 0. The number of isothiocyanates is 1. The van der Waals surface area contributed by atoms with Crippen LogP contribution in [0.3, 0.4) is 0 Å². The molecule has 1 saturated heterocycles. The fourth-order valence-corrected chi connectivity index (χ4v) is 2.99. The van der Waals surface area contributed by atoms with Gasteiger partial charge in [-0.25, -0.2) is 4.79 Å². The molecule has 6 nitrogen and oxygen atoms in total. The largest absolute Gasteiger partial charge is 0.444 e. The minimum absolute atomic E-state index is 0.00563. The average molecular weight is 348 g/mol. The first-order chi connectivity index (χ1) is 11.3. The van der Waals surface area contributed by atoms with Crippen molar-refractivity contribution in [2.45, 2.75) is 58.2 Å². The smallest absolute Gasteiger partial charge is 0.407 e. The third kappa shape index (κ3) is 4.76. The number of carbonyl (C=O) groups is 1. The van der Waals surface area contributed by atoms with Gasteiger partial charge < -0.3 is 15.0 Å². The van der Waals surface area contributed by atoms with Crippen LogP contribution in [-0.4, -0.2) is 40.5 Å². The van der Waals surface area contributed by atoms with E-state index >= 15 is 0 Å². The van der Waals surface area contributed by atoms with Crippen molar-refractivity contribution in [2.75, 3.05) is 11.4 Å². The summed E-state index contributed by atoms with van der Waals surface area (Å²) >= 11 is 4.72. The Bertz CT molecular complexity index is 638. The number of nitrogens with zero attached hydrogens (tertiary/aromatic N) is 3. The standard InChI is InChI=1S/C17H24N4O2S/c1-12-13(20-16(22)23-17(2,3)4)6-5-9-21(12)15-7-8-18-10-14(15)19-11-24/h7-8,10,12-13H,5-6,9H2,1-4H3,(H,20,22). The molecule has 2 rings (SSSR count). The predicted octanol–water partition coefficient (Wildman–Crippen LogP) is 3.70. The Kier molecular flexibility index (Phi) is 5.91. The van der Waals surface area contributed by atoms with E-state index in [-0.39, 0.29) is 18.2 Å². The molecule has 1 aromatic rings. The van der Waals surface area contributed by atoms with Gasteiger partial charge in [-0.05, 0) is 58.8 Å². The number of rotatable bonds is 3. The molecular formula is C17H24N4O2S. The number of hydrogen-bond donors (Lipinski definition) is 1. The minimum Gasteiger partial charge on any atom is -0.444 e. The first-order valence-corrected chi connectivity index (χ1v) is 8.50. The predicted molar refractivity (Wildman–Crippen MR) is 98.1 cm³/mol. The second-order valence-electron chi connectivity index (χ2n) is 6.90. The van der Waals surface area contributed by atoms with E-state index in [9.17, 15) is 4.79 Å². The van der Waals surface area contributed by atoms with Gasteiger partial charge in [0.05, 0.1) is 23.1 Å². The Balaban J connectivity index is 2.14.